The van der Waals surface area contributed by atoms with Crippen molar-refractivity contribution >= 4 is 11.9 Å². The highest BCUT2D eigenvalue weighted by Gasteiger charge is 2.39. The normalized spacial score (nSPS) is 24.2. The molecule has 1 aromatic carbocycles. The lowest BCUT2D eigenvalue weighted by atomic mass is 9.89. The van der Waals surface area contributed by atoms with Gasteiger partial charge in [0, 0.05) is 19.0 Å². The van der Waals surface area contributed by atoms with Crippen molar-refractivity contribution in [2.24, 2.45) is 5.92 Å². The number of rotatable bonds is 4. The van der Waals surface area contributed by atoms with E-state index in [2.05, 4.69) is 0 Å². The maximum Gasteiger partial charge on any atom is 0.317 e. The molecule has 1 aromatic rings. The average Bonchev–Trinajstić information content (AvgIpc) is 3.02. The van der Waals surface area contributed by atoms with Crippen LogP contribution in [0.5, 0.6) is 11.5 Å². The van der Waals surface area contributed by atoms with Crippen LogP contribution in [0.2, 0.25) is 0 Å². The van der Waals surface area contributed by atoms with E-state index >= 15 is 0 Å². The van der Waals surface area contributed by atoms with Gasteiger partial charge in [0.25, 0.3) is 0 Å². The zero-order valence-corrected chi connectivity index (χ0v) is 11.2. The molecule has 0 amide bonds. The summed E-state index contributed by atoms with van der Waals surface area (Å²) < 4.78 is 10.5. The van der Waals surface area contributed by atoms with Gasteiger partial charge in [0.1, 0.15) is 0 Å². The Morgan fingerprint density at radius 1 is 1.19 bits per heavy atom. The van der Waals surface area contributed by atoms with E-state index in [1.54, 1.807) is 17.0 Å². The lowest BCUT2D eigenvalue weighted by molar-refractivity contribution is -0.142. The number of hydrogen-bond donors (Lipinski definition) is 2. The minimum Gasteiger partial charge on any atom is -0.481 e. The Kier molecular flexibility index (Phi) is 3.42. The fourth-order valence-corrected chi connectivity index (χ4v) is 2.94. The number of hydrogen-bond acceptors (Lipinski definition) is 5. The third-order valence-corrected chi connectivity index (χ3v) is 3.90. The first kappa shape index (κ1) is 13.7. The largest absolute Gasteiger partial charge is 0.481 e. The number of carboxylic acid groups (broad SMARTS) is 2. The summed E-state index contributed by atoms with van der Waals surface area (Å²) in [7, 11) is 0. The van der Waals surface area contributed by atoms with Crippen LogP contribution in [0.15, 0.2) is 18.2 Å². The molecular formula is C14H15NO6. The molecule has 2 aliphatic rings. The van der Waals surface area contributed by atoms with Gasteiger partial charge in [-0.25, -0.2) is 0 Å². The van der Waals surface area contributed by atoms with Crippen molar-refractivity contribution in [1.82, 2.24) is 4.90 Å². The molecule has 1 fully saturated rings. The van der Waals surface area contributed by atoms with E-state index in [1.807, 2.05) is 6.07 Å². The maximum absolute atomic E-state index is 11.4. The molecule has 7 heteroatoms. The van der Waals surface area contributed by atoms with Crippen molar-refractivity contribution in [1.29, 1.82) is 0 Å². The Morgan fingerprint density at radius 3 is 2.67 bits per heavy atom. The van der Waals surface area contributed by atoms with Gasteiger partial charge in [0.2, 0.25) is 6.79 Å². The smallest absolute Gasteiger partial charge is 0.317 e. The molecule has 2 aliphatic heterocycles. The second-order valence-electron chi connectivity index (χ2n) is 5.25. The fourth-order valence-electron chi connectivity index (χ4n) is 2.94. The molecule has 3 rings (SSSR count). The van der Waals surface area contributed by atoms with Gasteiger partial charge in [-0.2, -0.15) is 0 Å². The minimum atomic E-state index is -0.953. The molecule has 0 aromatic heterocycles. The number of fused-ring (bicyclic) bond motifs is 1. The van der Waals surface area contributed by atoms with Crippen molar-refractivity contribution < 1.29 is 29.3 Å². The second-order valence-corrected chi connectivity index (χ2v) is 5.25. The summed E-state index contributed by atoms with van der Waals surface area (Å²) in [6.45, 7) is 0.658. The summed E-state index contributed by atoms with van der Waals surface area (Å²) in [6.07, 6.45) is 0. The predicted molar refractivity (Wildman–Crippen MR) is 70.5 cm³/mol. The molecule has 1 saturated heterocycles. The van der Waals surface area contributed by atoms with Crippen LogP contribution in [0.25, 0.3) is 0 Å². The molecule has 0 aliphatic carbocycles. The zero-order valence-electron chi connectivity index (χ0n) is 11.2. The highest BCUT2D eigenvalue weighted by atomic mass is 16.7. The number of nitrogens with zero attached hydrogens (tertiary/aromatic N) is 1. The molecule has 0 bridgehead atoms. The topological polar surface area (TPSA) is 96.3 Å². The highest BCUT2D eigenvalue weighted by molar-refractivity contribution is 5.73. The third kappa shape index (κ3) is 2.64. The monoisotopic (exact) mass is 293 g/mol. The highest BCUT2D eigenvalue weighted by Crippen LogP contribution is 2.39. The Labute approximate surface area is 120 Å². The maximum atomic E-state index is 11.4. The first-order valence-electron chi connectivity index (χ1n) is 6.61. The second kappa shape index (κ2) is 5.25. The molecule has 2 heterocycles. The average molecular weight is 293 g/mol. The molecule has 0 spiro atoms. The quantitative estimate of drug-likeness (QED) is 0.839. The Hall–Kier alpha value is -2.28. The van der Waals surface area contributed by atoms with Gasteiger partial charge in [-0.15, -0.1) is 0 Å². The number of ether oxygens (including phenoxy) is 2. The van der Waals surface area contributed by atoms with E-state index in [4.69, 9.17) is 14.6 Å². The molecule has 2 N–H and O–H groups in total. The molecule has 21 heavy (non-hydrogen) atoms. The van der Waals surface area contributed by atoms with Gasteiger partial charge in [0.15, 0.2) is 11.5 Å². The number of carboxylic acids is 2. The molecular weight excluding hydrogens is 278 g/mol. The first-order chi connectivity index (χ1) is 10.0. The van der Waals surface area contributed by atoms with Crippen LogP contribution >= 0.6 is 0 Å². The Bertz CT molecular complexity index is 587. The summed E-state index contributed by atoms with van der Waals surface area (Å²) in [6, 6.07) is 5.36. The summed E-state index contributed by atoms with van der Waals surface area (Å²) in [5.41, 5.74) is 0.833. The van der Waals surface area contributed by atoms with Crippen molar-refractivity contribution in [3.8, 4) is 11.5 Å². The van der Waals surface area contributed by atoms with Gasteiger partial charge in [-0.05, 0) is 17.7 Å². The SMILES string of the molecule is O=C(O)CN1C[C@@H](C(=O)O)[C@H](c2ccc3c(c2)OCO3)C1. The van der Waals surface area contributed by atoms with E-state index in [1.165, 1.54) is 0 Å². The van der Waals surface area contributed by atoms with E-state index in [9.17, 15) is 14.7 Å². The molecule has 0 saturated carbocycles. The summed E-state index contributed by atoms with van der Waals surface area (Å²) in [5.74, 6) is -1.49. The van der Waals surface area contributed by atoms with Gasteiger partial charge in [-0.1, -0.05) is 6.07 Å². The van der Waals surface area contributed by atoms with Crippen LogP contribution in [-0.4, -0.2) is 53.5 Å². The Balaban J connectivity index is 1.84. The lowest BCUT2D eigenvalue weighted by Crippen LogP contribution is -2.28. The zero-order chi connectivity index (χ0) is 15.0. The van der Waals surface area contributed by atoms with Crippen LogP contribution in [0.3, 0.4) is 0 Å². The van der Waals surface area contributed by atoms with Gasteiger partial charge >= 0.3 is 11.9 Å². The predicted octanol–water partition coefficient (Wildman–Crippen LogP) is 0.600. The van der Waals surface area contributed by atoms with E-state index < -0.39 is 17.9 Å². The molecule has 7 nitrogen and oxygen atoms in total. The molecule has 112 valence electrons. The van der Waals surface area contributed by atoms with Gasteiger partial charge < -0.3 is 19.7 Å². The van der Waals surface area contributed by atoms with Crippen LogP contribution in [0.4, 0.5) is 0 Å². The minimum absolute atomic E-state index is 0.148. The molecule has 0 unspecified atom stereocenters. The van der Waals surface area contributed by atoms with Crippen molar-refractivity contribution in [3.63, 3.8) is 0 Å². The van der Waals surface area contributed by atoms with Crippen LogP contribution in [0, 0.1) is 5.92 Å². The van der Waals surface area contributed by atoms with Crippen molar-refractivity contribution in [2.45, 2.75) is 5.92 Å². The Morgan fingerprint density at radius 2 is 1.95 bits per heavy atom. The molecule has 0 radical (unpaired) electrons. The van der Waals surface area contributed by atoms with E-state index in [0.29, 0.717) is 18.0 Å². The van der Waals surface area contributed by atoms with Crippen LogP contribution in [-0.2, 0) is 9.59 Å². The molecule has 2 atom stereocenters. The number of aliphatic carboxylic acids is 2. The number of carbonyl (C=O) groups is 2. The third-order valence-electron chi connectivity index (χ3n) is 3.90. The van der Waals surface area contributed by atoms with E-state index in [0.717, 1.165) is 5.56 Å². The van der Waals surface area contributed by atoms with Crippen LogP contribution in [0.1, 0.15) is 11.5 Å². The standard InChI is InChI=1S/C14H15NO6/c16-13(17)6-15-4-9(10(5-15)14(18)19)8-1-2-11-12(3-8)21-7-20-11/h1-3,9-10H,4-7H2,(H,16,17)(H,18,19)/t9-,10+/m0/s1. The van der Waals surface area contributed by atoms with Crippen LogP contribution < -0.4 is 9.47 Å². The van der Waals surface area contributed by atoms with Gasteiger partial charge in [0.05, 0.1) is 12.5 Å². The van der Waals surface area contributed by atoms with E-state index in [-0.39, 0.29) is 25.8 Å². The number of benzene rings is 1. The van der Waals surface area contributed by atoms with Crippen molar-refractivity contribution in [2.75, 3.05) is 26.4 Å². The fraction of sp³-hybridized carbons (Fsp3) is 0.429. The summed E-state index contributed by atoms with van der Waals surface area (Å²) in [5, 5.41) is 18.2. The summed E-state index contributed by atoms with van der Waals surface area (Å²) >= 11 is 0. The van der Waals surface area contributed by atoms with Crippen molar-refractivity contribution in [3.05, 3.63) is 23.8 Å². The first-order valence-corrected chi connectivity index (χ1v) is 6.61. The number of likely N-dealkylation sites (tertiary alicyclic amines) is 1. The lowest BCUT2D eigenvalue weighted by Gasteiger charge is -2.15. The summed E-state index contributed by atoms with van der Waals surface area (Å²) in [4.78, 5) is 23.9. The van der Waals surface area contributed by atoms with Gasteiger partial charge in [-0.3, -0.25) is 14.5 Å².